The van der Waals surface area contributed by atoms with Gasteiger partial charge in [-0.25, -0.2) is 0 Å². The molecule has 0 saturated carbocycles. The van der Waals surface area contributed by atoms with Crippen molar-refractivity contribution in [3.05, 3.63) is 48.5 Å². The maximum atomic E-state index is 11.8. The fraction of sp³-hybridized carbons (Fsp3) is 0.188. The molecule has 3 rings (SSSR count). The number of amides is 1. The van der Waals surface area contributed by atoms with Crippen LogP contribution in [0.5, 0.6) is 0 Å². The Hall–Kier alpha value is -2.29. The van der Waals surface area contributed by atoms with Crippen molar-refractivity contribution in [3.63, 3.8) is 0 Å². The molecule has 1 heterocycles. The zero-order valence-electron chi connectivity index (χ0n) is 10.8. The molecule has 0 aromatic heterocycles. The number of hydrogen-bond donors (Lipinski definition) is 2. The van der Waals surface area contributed by atoms with Gasteiger partial charge in [0.25, 0.3) is 0 Å². The predicted molar refractivity (Wildman–Crippen MR) is 78.2 cm³/mol. The van der Waals surface area contributed by atoms with Gasteiger partial charge in [0, 0.05) is 18.0 Å². The second-order valence-electron chi connectivity index (χ2n) is 4.89. The maximum Gasteiger partial charge on any atom is 0.226 e. The Morgan fingerprint density at radius 2 is 1.84 bits per heavy atom. The lowest BCUT2D eigenvalue weighted by molar-refractivity contribution is -0.116. The molecular weight excluding hydrogens is 236 g/mol. The fourth-order valence-electron chi connectivity index (χ4n) is 2.45. The van der Waals surface area contributed by atoms with E-state index >= 15 is 0 Å². The molecule has 3 nitrogen and oxygen atoms in total. The molecule has 3 heteroatoms. The molecule has 0 unspecified atom stereocenters. The number of carbonyl (C=O) groups excluding carboxylic acids is 1. The van der Waals surface area contributed by atoms with Crippen molar-refractivity contribution < 1.29 is 4.79 Å². The first-order valence-corrected chi connectivity index (χ1v) is 6.49. The van der Waals surface area contributed by atoms with Crippen molar-refractivity contribution in [3.8, 4) is 11.1 Å². The van der Waals surface area contributed by atoms with Gasteiger partial charge in [0.15, 0.2) is 0 Å². The van der Waals surface area contributed by atoms with Gasteiger partial charge < -0.3 is 10.6 Å². The predicted octanol–water partition coefficient (Wildman–Crippen LogP) is 3.50. The minimum atomic E-state index is 0.0592. The molecule has 0 spiro atoms. The third-order valence-electron chi connectivity index (χ3n) is 3.31. The van der Waals surface area contributed by atoms with E-state index in [1.165, 1.54) is 0 Å². The summed E-state index contributed by atoms with van der Waals surface area (Å²) in [5, 5.41) is 6.40. The van der Waals surface area contributed by atoms with Crippen LogP contribution in [-0.4, -0.2) is 11.9 Å². The summed E-state index contributed by atoms with van der Waals surface area (Å²) in [7, 11) is 0. The number of nitrogens with one attached hydrogen (secondary N) is 2. The van der Waals surface area contributed by atoms with Crippen molar-refractivity contribution in [1.29, 1.82) is 0 Å². The van der Waals surface area contributed by atoms with E-state index in [1.807, 2.05) is 37.3 Å². The molecule has 1 aliphatic rings. The van der Waals surface area contributed by atoms with Crippen LogP contribution in [0.4, 0.5) is 11.4 Å². The standard InChI is InChI=1S/C16H16N2O/c1-11-10-15(19)18-14-9-5-8-13(16(14)17-11)12-6-3-2-4-7-12/h2-9,11,17H,10H2,1H3,(H,18,19)/t11-/m1/s1. The van der Waals surface area contributed by atoms with E-state index in [1.54, 1.807) is 0 Å². The van der Waals surface area contributed by atoms with Gasteiger partial charge in [0.05, 0.1) is 11.4 Å². The number of benzene rings is 2. The van der Waals surface area contributed by atoms with Crippen LogP contribution >= 0.6 is 0 Å². The van der Waals surface area contributed by atoms with Crippen LogP contribution in [0.15, 0.2) is 48.5 Å². The summed E-state index contributed by atoms with van der Waals surface area (Å²) in [6, 6.07) is 16.3. The maximum absolute atomic E-state index is 11.8. The fourth-order valence-corrected chi connectivity index (χ4v) is 2.45. The SMILES string of the molecule is C[C@@H]1CC(=O)Nc2cccc(-c3ccccc3)c2N1. The summed E-state index contributed by atoms with van der Waals surface area (Å²) < 4.78 is 0. The summed E-state index contributed by atoms with van der Waals surface area (Å²) in [5.74, 6) is 0.0592. The smallest absolute Gasteiger partial charge is 0.226 e. The quantitative estimate of drug-likeness (QED) is 0.815. The Morgan fingerprint density at radius 3 is 2.63 bits per heavy atom. The van der Waals surface area contributed by atoms with E-state index in [9.17, 15) is 4.79 Å². The topological polar surface area (TPSA) is 41.1 Å². The molecule has 1 aliphatic heterocycles. The van der Waals surface area contributed by atoms with Crippen LogP contribution < -0.4 is 10.6 Å². The molecule has 2 aromatic rings. The summed E-state index contributed by atoms with van der Waals surface area (Å²) in [5.41, 5.74) is 4.13. The first kappa shape index (κ1) is 11.8. The van der Waals surface area contributed by atoms with E-state index in [2.05, 4.69) is 28.8 Å². The van der Waals surface area contributed by atoms with Gasteiger partial charge >= 0.3 is 0 Å². The second kappa shape index (κ2) is 4.76. The first-order valence-electron chi connectivity index (χ1n) is 6.49. The zero-order chi connectivity index (χ0) is 13.2. The van der Waals surface area contributed by atoms with Gasteiger partial charge in [-0.3, -0.25) is 4.79 Å². The molecule has 2 N–H and O–H groups in total. The van der Waals surface area contributed by atoms with E-state index in [-0.39, 0.29) is 11.9 Å². The van der Waals surface area contributed by atoms with Crippen LogP contribution in [0.2, 0.25) is 0 Å². The summed E-state index contributed by atoms with van der Waals surface area (Å²) in [6.07, 6.45) is 0.489. The lowest BCUT2D eigenvalue weighted by atomic mass is 10.0. The Bertz CT molecular complexity index is 607. The van der Waals surface area contributed by atoms with E-state index < -0.39 is 0 Å². The number of hydrogen-bond acceptors (Lipinski definition) is 2. The van der Waals surface area contributed by atoms with Gasteiger partial charge in [-0.05, 0) is 18.6 Å². The van der Waals surface area contributed by atoms with Gasteiger partial charge in [-0.2, -0.15) is 0 Å². The third-order valence-corrected chi connectivity index (χ3v) is 3.31. The van der Waals surface area contributed by atoms with Crippen LogP contribution in [0.3, 0.4) is 0 Å². The first-order chi connectivity index (χ1) is 9.24. The highest BCUT2D eigenvalue weighted by atomic mass is 16.1. The van der Waals surface area contributed by atoms with Gasteiger partial charge in [0.2, 0.25) is 5.91 Å². The largest absolute Gasteiger partial charge is 0.380 e. The lowest BCUT2D eigenvalue weighted by Crippen LogP contribution is -2.19. The van der Waals surface area contributed by atoms with Crippen LogP contribution in [0, 0.1) is 0 Å². The van der Waals surface area contributed by atoms with Crippen LogP contribution in [0.25, 0.3) is 11.1 Å². The highest BCUT2D eigenvalue weighted by molar-refractivity contribution is 6.00. The molecule has 0 saturated heterocycles. The summed E-state index contributed by atoms with van der Waals surface area (Å²) in [4.78, 5) is 11.8. The molecule has 0 aliphatic carbocycles. The van der Waals surface area contributed by atoms with Crippen molar-refractivity contribution >= 4 is 17.3 Å². The highest BCUT2D eigenvalue weighted by Gasteiger charge is 2.19. The molecule has 1 atom stereocenters. The molecule has 0 bridgehead atoms. The van der Waals surface area contributed by atoms with Crippen LogP contribution in [-0.2, 0) is 4.79 Å². The number of carbonyl (C=O) groups is 1. The molecule has 0 fully saturated rings. The summed E-state index contributed by atoms with van der Waals surface area (Å²) in [6.45, 7) is 2.02. The number of para-hydroxylation sites is 1. The third kappa shape index (κ3) is 2.32. The molecule has 2 aromatic carbocycles. The van der Waals surface area contributed by atoms with E-state index in [4.69, 9.17) is 0 Å². The van der Waals surface area contributed by atoms with Gasteiger partial charge in [-0.15, -0.1) is 0 Å². The molecular formula is C16H16N2O. The normalized spacial score (nSPS) is 17.9. The average Bonchev–Trinajstić information content (AvgIpc) is 2.55. The van der Waals surface area contributed by atoms with Gasteiger partial charge in [-0.1, -0.05) is 42.5 Å². The monoisotopic (exact) mass is 252 g/mol. The van der Waals surface area contributed by atoms with E-state index in [0.717, 1.165) is 22.5 Å². The molecule has 96 valence electrons. The van der Waals surface area contributed by atoms with Crippen molar-refractivity contribution in [2.75, 3.05) is 10.6 Å². The van der Waals surface area contributed by atoms with Crippen molar-refractivity contribution in [2.45, 2.75) is 19.4 Å². The lowest BCUT2D eigenvalue weighted by Gasteiger charge is -2.16. The number of rotatable bonds is 1. The number of fused-ring (bicyclic) bond motifs is 1. The van der Waals surface area contributed by atoms with Crippen LogP contribution in [0.1, 0.15) is 13.3 Å². The summed E-state index contributed by atoms with van der Waals surface area (Å²) >= 11 is 0. The minimum Gasteiger partial charge on any atom is -0.380 e. The Labute approximate surface area is 112 Å². The highest BCUT2D eigenvalue weighted by Crippen LogP contribution is 2.36. The van der Waals surface area contributed by atoms with Gasteiger partial charge in [0.1, 0.15) is 0 Å². The van der Waals surface area contributed by atoms with Crippen molar-refractivity contribution in [2.24, 2.45) is 0 Å². The zero-order valence-corrected chi connectivity index (χ0v) is 10.8. The Balaban J connectivity index is 2.13. The Kier molecular flexibility index (Phi) is 2.95. The minimum absolute atomic E-state index is 0.0592. The van der Waals surface area contributed by atoms with E-state index in [0.29, 0.717) is 6.42 Å². The molecule has 1 amide bonds. The second-order valence-corrected chi connectivity index (χ2v) is 4.89. The number of anilines is 2. The van der Waals surface area contributed by atoms with Crippen molar-refractivity contribution in [1.82, 2.24) is 0 Å². The average molecular weight is 252 g/mol. The Morgan fingerprint density at radius 1 is 1.05 bits per heavy atom. The molecule has 19 heavy (non-hydrogen) atoms. The molecule has 0 radical (unpaired) electrons.